The molecule has 0 aliphatic heterocycles. The lowest BCUT2D eigenvalue weighted by molar-refractivity contribution is -0.161. The number of hydrogen-bond acceptors (Lipinski definition) is 4. The van der Waals surface area contributed by atoms with Gasteiger partial charge in [0.2, 0.25) is 0 Å². The highest BCUT2D eigenvalue weighted by Gasteiger charge is 2.27. The first kappa shape index (κ1) is 15.4. The van der Waals surface area contributed by atoms with E-state index in [2.05, 4.69) is 6.58 Å². The Labute approximate surface area is 102 Å². The van der Waals surface area contributed by atoms with Gasteiger partial charge in [-0.15, -0.1) is 6.58 Å². The fourth-order valence-corrected chi connectivity index (χ4v) is 1.20. The molecule has 0 aliphatic carbocycles. The summed E-state index contributed by atoms with van der Waals surface area (Å²) in [6.07, 6.45) is 6.35. The van der Waals surface area contributed by atoms with E-state index in [1.165, 1.54) is 0 Å². The van der Waals surface area contributed by atoms with E-state index in [1.807, 2.05) is 6.08 Å². The van der Waals surface area contributed by atoms with Crippen LogP contribution in [0, 0.1) is 5.92 Å². The predicted octanol–water partition coefficient (Wildman–Crippen LogP) is 2.25. The smallest absolute Gasteiger partial charge is 0.320 e. The van der Waals surface area contributed by atoms with Gasteiger partial charge in [-0.05, 0) is 26.7 Å². The minimum atomic E-state index is -0.865. The molecule has 0 N–H and O–H groups in total. The van der Waals surface area contributed by atoms with Crippen molar-refractivity contribution in [3.63, 3.8) is 0 Å². The Balaban J connectivity index is 4.44. The molecule has 0 heterocycles. The Morgan fingerprint density at radius 2 is 1.65 bits per heavy atom. The van der Waals surface area contributed by atoms with Crippen LogP contribution in [-0.4, -0.2) is 25.2 Å². The van der Waals surface area contributed by atoms with Gasteiger partial charge >= 0.3 is 11.9 Å². The van der Waals surface area contributed by atoms with Crippen molar-refractivity contribution in [2.24, 2.45) is 5.92 Å². The second kappa shape index (κ2) is 9.63. The molecule has 0 atom stereocenters. The summed E-state index contributed by atoms with van der Waals surface area (Å²) in [5.41, 5.74) is 0. The van der Waals surface area contributed by atoms with Gasteiger partial charge in [-0.3, -0.25) is 9.59 Å². The van der Waals surface area contributed by atoms with E-state index in [0.29, 0.717) is 12.8 Å². The average Bonchev–Trinajstić information content (AvgIpc) is 2.29. The number of rotatable bonds is 8. The summed E-state index contributed by atoms with van der Waals surface area (Å²) in [5, 5.41) is 0. The first-order valence-electron chi connectivity index (χ1n) is 5.76. The molecule has 4 nitrogen and oxygen atoms in total. The van der Waals surface area contributed by atoms with Crippen molar-refractivity contribution >= 4 is 11.9 Å². The van der Waals surface area contributed by atoms with E-state index in [4.69, 9.17) is 9.47 Å². The molecule has 0 amide bonds. The lowest BCUT2D eigenvalue weighted by Gasteiger charge is -2.12. The molecule has 0 saturated carbocycles. The summed E-state index contributed by atoms with van der Waals surface area (Å²) in [6, 6.07) is 0. The van der Waals surface area contributed by atoms with Crippen molar-refractivity contribution in [1.29, 1.82) is 0 Å². The quantitative estimate of drug-likeness (QED) is 0.371. The van der Waals surface area contributed by atoms with Crippen LogP contribution < -0.4 is 0 Å². The largest absolute Gasteiger partial charge is 0.465 e. The summed E-state index contributed by atoms with van der Waals surface area (Å²) in [4.78, 5) is 23.1. The molecular formula is C13H20O4. The molecule has 0 bridgehead atoms. The van der Waals surface area contributed by atoms with Gasteiger partial charge in [0.25, 0.3) is 0 Å². The van der Waals surface area contributed by atoms with Crippen LogP contribution in [-0.2, 0) is 19.1 Å². The van der Waals surface area contributed by atoms with E-state index >= 15 is 0 Å². The molecule has 96 valence electrons. The van der Waals surface area contributed by atoms with Crippen molar-refractivity contribution in [3.8, 4) is 0 Å². The fourth-order valence-electron chi connectivity index (χ4n) is 1.20. The predicted molar refractivity (Wildman–Crippen MR) is 65.3 cm³/mol. The molecule has 0 radical (unpaired) electrons. The molecule has 0 aromatic carbocycles. The molecule has 0 fully saturated rings. The highest BCUT2D eigenvalue weighted by molar-refractivity contribution is 5.95. The summed E-state index contributed by atoms with van der Waals surface area (Å²) in [5.74, 6) is -1.93. The van der Waals surface area contributed by atoms with E-state index in [1.54, 1.807) is 26.0 Å². The Kier molecular flexibility index (Phi) is 8.74. The van der Waals surface area contributed by atoms with Gasteiger partial charge in [-0.25, -0.2) is 0 Å². The zero-order valence-electron chi connectivity index (χ0n) is 10.5. The fraction of sp³-hybridized carbons (Fsp3) is 0.538. The van der Waals surface area contributed by atoms with E-state index in [-0.39, 0.29) is 13.2 Å². The van der Waals surface area contributed by atoms with Gasteiger partial charge in [-0.2, -0.15) is 0 Å². The molecule has 0 spiro atoms. The van der Waals surface area contributed by atoms with Crippen LogP contribution in [0.5, 0.6) is 0 Å². The van der Waals surface area contributed by atoms with Crippen LogP contribution in [0.15, 0.2) is 24.8 Å². The third-order valence-corrected chi connectivity index (χ3v) is 1.98. The molecule has 0 aliphatic rings. The van der Waals surface area contributed by atoms with Crippen LogP contribution >= 0.6 is 0 Å². The molecule has 4 heteroatoms. The maximum Gasteiger partial charge on any atom is 0.320 e. The van der Waals surface area contributed by atoms with Crippen molar-refractivity contribution in [2.75, 3.05) is 13.2 Å². The minimum Gasteiger partial charge on any atom is -0.465 e. The Morgan fingerprint density at radius 3 is 2.06 bits per heavy atom. The maximum absolute atomic E-state index is 11.5. The van der Waals surface area contributed by atoms with Crippen molar-refractivity contribution in [1.82, 2.24) is 0 Å². The van der Waals surface area contributed by atoms with Gasteiger partial charge in [-0.1, -0.05) is 18.2 Å². The molecule has 17 heavy (non-hydrogen) atoms. The standard InChI is InChI=1S/C13H20O4/c1-4-7-8-9-10-11(12(14)16-5-2)13(15)17-6-3/h4,8-9,11H,1,5-7,10H2,2-3H3/b9-8+. The third-order valence-electron chi connectivity index (χ3n) is 1.98. The van der Waals surface area contributed by atoms with Gasteiger partial charge in [0.05, 0.1) is 13.2 Å². The zero-order valence-corrected chi connectivity index (χ0v) is 10.5. The number of esters is 2. The zero-order chi connectivity index (χ0) is 13.1. The average molecular weight is 240 g/mol. The van der Waals surface area contributed by atoms with E-state index < -0.39 is 17.9 Å². The van der Waals surface area contributed by atoms with E-state index in [9.17, 15) is 9.59 Å². The Bertz CT molecular complexity index is 263. The van der Waals surface area contributed by atoms with Crippen LogP contribution in [0.1, 0.15) is 26.7 Å². The summed E-state index contributed by atoms with van der Waals surface area (Å²) in [6.45, 7) is 7.49. The lowest BCUT2D eigenvalue weighted by Crippen LogP contribution is -2.27. The molecule has 0 unspecified atom stereocenters. The molecule has 0 rings (SSSR count). The van der Waals surface area contributed by atoms with Gasteiger partial charge < -0.3 is 9.47 Å². The molecule has 0 aromatic heterocycles. The molecule has 0 saturated heterocycles. The SMILES string of the molecule is C=CC/C=C/CC(C(=O)OCC)C(=O)OCC. The number of carbonyl (C=O) groups excluding carboxylic acids is 2. The highest BCUT2D eigenvalue weighted by Crippen LogP contribution is 2.10. The Morgan fingerprint density at radius 1 is 1.12 bits per heavy atom. The molecular weight excluding hydrogens is 220 g/mol. The monoisotopic (exact) mass is 240 g/mol. The van der Waals surface area contributed by atoms with Crippen LogP contribution in [0.3, 0.4) is 0 Å². The molecule has 0 aromatic rings. The van der Waals surface area contributed by atoms with Gasteiger partial charge in [0.1, 0.15) is 0 Å². The lowest BCUT2D eigenvalue weighted by atomic mass is 10.1. The minimum absolute atomic E-state index is 0.255. The number of ether oxygens (including phenoxy) is 2. The van der Waals surface area contributed by atoms with Gasteiger partial charge in [0.15, 0.2) is 5.92 Å². The first-order valence-corrected chi connectivity index (χ1v) is 5.76. The summed E-state index contributed by atoms with van der Waals surface area (Å²) < 4.78 is 9.67. The van der Waals surface area contributed by atoms with Crippen molar-refractivity contribution < 1.29 is 19.1 Å². The highest BCUT2D eigenvalue weighted by atomic mass is 16.6. The van der Waals surface area contributed by atoms with Crippen LogP contribution in [0.2, 0.25) is 0 Å². The summed E-state index contributed by atoms with van der Waals surface area (Å²) in [7, 11) is 0. The number of allylic oxidation sites excluding steroid dienone is 3. The normalized spacial score (nSPS) is 10.5. The van der Waals surface area contributed by atoms with Crippen molar-refractivity contribution in [3.05, 3.63) is 24.8 Å². The third kappa shape index (κ3) is 6.56. The number of carbonyl (C=O) groups is 2. The van der Waals surface area contributed by atoms with Crippen LogP contribution in [0.4, 0.5) is 0 Å². The van der Waals surface area contributed by atoms with Crippen molar-refractivity contribution in [2.45, 2.75) is 26.7 Å². The number of hydrogen-bond donors (Lipinski definition) is 0. The first-order chi connectivity index (χ1) is 8.17. The van der Waals surface area contributed by atoms with E-state index in [0.717, 1.165) is 0 Å². The van der Waals surface area contributed by atoms with Gasteiger partial charge in [0, 0.05) is 0 Å². The topological polar surface area (TPSA) is 52.6 Å². The second-order valence-corrected chi connectivity index (χ2v) is 3.29. The maximum atomic E-state index is 11.5. The summed E-state index contributed by atoms with van der Waals surface area (Å²) >= 11 is 0. The Hall–Kier alpha value is -1.58. The second-order valence-electron chi connectivity index (χ2n) is 3.29. The van der Waals surface area contributed by atoms with Crippen LogP contribution in [0.25, 0.3) is 0 Å².